The fourth-order valence-corrected chi connectivity index (χ4v) is 3.27. The summed E-state index contributed by atoms with van der Waals surface area (Å²) >= 11 is 0. The predicted molar refractivity (Wildman–Crippen MR) is 94.6 cm³/mol. The molecule has 3 rings (SSSR count). The average Bonchev–Trinajstić information content (AvgIpc) is 3.10. The summed E-state index contributed by atoms with van der Waals surface area (Å²) in [5, 5.41) is 0. The fraction of sp³-hybridized carbons (Fsp3) is 0.400. The minimum Gasteiger partial charge on any atom is -0.489 e. The van der Waals surface area contributed by atoms with E-state index >= 15 is 0 Å². The Hall–Kier alpha value is -1.84. The van der Waals surface area contributed by atoms with Crippen LogP contribution >= 0.6 is 0 Å². The maximum Gasteiger partial charge on any atom is 0.119 e. The maximum atomic E-state index is 6.00. The lowest BCUT2D eigenvalue weighted by Gasteiger charge is -2.26. The second-order valence-electron chi connectivity index (χ2n) is 6.28. The second kappa shape index (κ2) is 7.62. The van der Waals surface area contributed by atoms with Crippen LogP contribution in [-0.4, -0.2) is 24.5 Å². The number of nitrogens with two attached hydrogens (primary N) is 1. The Balaban J connectivity index is 1.63. The van der Waals surface area contributed by atoms with Gasteiger partial charge >= 0.3 is 0 Å². The van der Waals surface area contributed by atoms with Crippen LogP contribution in [0.15, 0.2) is 48.5 Å². The first-order valence-corrected chi connectivity index (χ1v) is 8.49. The van der Waals surface area contributed by atoms with E-state index in [0.29, 0.717) is 19.2 Å². The van der Waals surface area contributed by atoms with E-state index in [1.165, 1.54) is 29.5 Å². The van der Waals surface area contributed by atoms with Gasteiger partial charge in [-0.3, -0.25) is 4.90 Å². The third-order valence-corrected chi connectivity index (χ3v) is 4.73. The summed E-state index contributed by atoms with van der Waals surface area (Å²) < 4.78 is 5.92. The fourth-order valence-electron chi connectivity index (χ4n) is 3.27. The van der Waals surface area contributed by atoms with Gasteiger partial charge in [-0.1, -0.05) is 36.4 Å². The van der Waals surface area contributed by atoms with Gasteiger partial charge in [0.2, 0.25) is 0 Å². The van der Waals surface area contributed by atoms with Crippen LogP contribution in [0, 0.1) is 6.92 Å². The molecule has 1 saturated heterocycles. The van der Waals surface area contributed by atoms with Gasteiger partial charge in [0.15, 0.2) is 0 Å². The molecule has 1 aliphatic heterocycles. The highest BCUT2D eigenvalue weighted by Gasteiger charge is 2.21. The molecule has 0 aliphatic carbocycles. The van der Waals surface area contributed by atoms with Crippen LogP contribution in [0.1, 0.15) is 35.6 Å². The maximum absolute atomic E-state index is 6.00. The van der Waals surface area contributed by atoms with Gasteiger partial charge < -0.3 is 10.5 Å². The van der Waals surface area contributed by atoms with Crippen LogP contribution in [0.5, 0.6) is 5.75 Å². The van der Waals surface area contributed by atoms with Crippen LogP contribution in [0.2, 0.25) is 0 Å². The molecule has 3 heteroatoms. The lowest BCUT2D eigenvalue weighted by atomic mass is 10.1. The van der Waals surface area contributed by atoms with Crippen molar-refractivity contribution in [3.8, 4) is 5.75 Å². The van der Waals surface area contributed by atoms with Crippen LogP contribution in [0.4, 0.5) is 0 Å². The van der Waals surface area contributed by atoms with E-state index in [9.17, 15) is 0 Å². The van der Waals surface area contributed by atoms with Gasteiger partial charge in [0, 0.05) is 12.6 Å². The van der Waals surface area contributed by atoms with E-state index in [1.54, 1.807) is 0 Å². The molecular weight excluding hydrogens is 284 g/mol. The lowest BCUT2D eigenvalue weighted by Crippen LogP contribution is -2.31. The molecule has 1 aliphatic rings. The number of nitrogens with zero attached hydrogens (tertiary/aromatic N) is 1. The molecule has 23 heavy (non-hydrogen) atoms. The first-order chi connectivity index (χ1) is 11.3. The largest absolute Gasteiger partial charge is 0.489 e. The Morgan fingerprint density at radius 2 is 1.74 bits per heavy atom. The molecule has 1 fully saturated rings. The predicted octanol–water partition coefficient (Wildman–Crippen LogP) is 3.67. The Labute approximate surface area is 139 Å². The van der Waals surface area contributed by atoms with Gasteiger partial charge in [-0.25, -0.2) is 0 Å². The Morgan fingerprint density at radius 3 is 2.39 bits per heavy atom. The van der Waals surface area contributed by atoms with Crippen molar-refractivity contribution in [2.45, 2.75) is 32.4 Å². The number of benzene rings is 2. The monoisotopic (exact) mass is 310 g/mol. The van der Waals surface area contributed by atoms with Gasteiger partial charge in [0.25, 0.3) is 0 Å². The van der Waals surface area contributed by atoms with E-state index in [1.807, 2.05) is 0 Å². The molecule has 0 radical (unpaired) electrons. The Bertz CT molecular complexity index is 618. The molecular formula is C20H26N2O. The molecule has 1 unspecified atom stereocenters. The molecule has 2 aromatic rings. The number of likely N-dealkylation sites (tertiary alicyclic amines) is 1. The minimum absolute atomic E-state index is 0.336. The van der Waals surface area contributed by atoms with Crippen LogP contribution < -0.4 is 10.5 Å². The average molecular weight is 310 g/mol. The summed E-state index contributed by atoms with van der Waals surface area (Å²) in [7, 11) is 0. The molecule has 1 heterocycles. The molecule has 0 aromatic heterocycles. The minimum atomic E-state index is 0.336. The molecule has 1 atom stereocenters. The molecule has 3 nitrogen and oxygen atoms in total. The van der Waals surface area contributed by atoms with Crippen LogP contribution in [0.25, 0.3) is 0 Å². The molecule has 0 amide bonds. The van der Waals surface area contributed by atoms with Crippen molar-refractivity contribution in [2.24, 2.45) is 5.73 Å². The normalized spacial score (nSPS) is 16.4. The van der Waals surface area contributed by atoms with Gasteiger partial charge in [0.1, 0.15) is 12.4 Å². The zero-order valence-electron chi connectivity index (χ0n) is 13.9. The van der Waals surface area contributed by atoms with Gasteiger partial charge in [-0.15, -0.1) is 0 Å². The number of ether oxygens (including phenoxy) is 1. The highest BCUT2D eigenvalue weighted by atomic mass is 16.5. The SMILES string of the molecule is Cc1ccccc1COc1ccc(C(CN)N2CCCC2)cc1. The van der Waals surface area contributed by atoms with Crippen molar-refractivity contribution in [1.82, 2.24) is 4.90 Å². The van der Waals surface area contributed by atoms with E-state index in [0.717, 1.165) is 18.8 Å². The first kappa shape index (κ1) is 16.0. The molecule has 2 N–H and O–H groups in total. The molecule has 2 aromatic carbocycles. The van der Waals surface area contributed by atoms with E-state index in [2.05, 4.69) is 60.4 Å². The van der Waals surface area contributed by atoms with Gasteiger partial charge in [-0.05, 0) is 61.7 Å². The molecule has 122 valence electrons. The summed E-state index contributed by atoms with van der Waals surface area (Å²) in [6, 6.07) is 17.1. The van der Waals surface area contributed by atoms with E-state index < -0.39 is 0 Å². The van der Waals surface area contributed by atoms with Gasteiger partial charge in [-0.2, -0.15) is 0 Å². The van der Waals surface area contributed by atoms with E-state index in [4.69, 9.17) is 10.5 Å². The third-order valence-electron chi connectivity index (χ3n) is 4.73. The van der Waals surface area contributed by atoms with Crippen LogP contribution in [0.3, 0.4) is 0 Å². The number of rotatable bonds is 6. The van der Waals surface area contributed by atoms with Crippen molar-refractivity contribution in [1.29, 1.82) is 0 Å². The third kappa shape index (κ3) is 3.92. The first-order valence-electron chi connectivity index (χ1n) is 8.49. The van der Waals surface area contributed by atoms with Crippen molar-refractivity contribution in [2.75, 3.05) is 19.6 Å². The zero-order chi connectivity index (χ0) is 16.1. The summed E-state index contributed by atoms with van der Waals surface area (Å²) in [5.41, 5.74) is 9.79. The van der Waals surface area contributed by atoms with E-state index in [-0.39, 0.29) is 0 Å². The standard InChI is InChI=1S/C20H26N2O/c1-16-6-2-3-7-18(16)15-23-19-10-8-17(9-11-19)20(14-21)22-12-4-5-13-22/h2-3,6-11,20H,4-5,12-15,21H2,1H3. The summed E-state index contributed by atoms with van der Waals surface area (Å²) in [6.45, 7) is 5.71. The van der Waals surface area contributed by atoms with Crippen molar-refractivity contribution in [3.05, 3.63) is 65.2 Å². The Kier molecular flexibility index (Phi) is 5.31. The quantitative estimate of drug-likeness (QED) is 0.885. The summed E-state index contributed by atoms with van der Waals surface area (Å²) in [6.07, 6.45) is 2.57. The number of hydrogen-bond acceptors (Lipinski definition) is 3. The zero-order valence-corrected chi connectivity index (χ0v) is 13.9. The second-order valence-corrected chi connectivity index (χ2v) is 6.28. The molecule has 0 bridgehead atoms. The number of hydrogen-bond donors (Lipinski definition) is 1. The summed E-state index contributed by atoms with van der Waals surface area (Å²) in [4.78, 5) is 2.49. The van der Waals surface area contributed by atoms with Crippen molar-refractivity contribution < 1.29 is 4.74 Å². The topological polar surface area (TPSA) is 38.5 Å². The van der Waals surface area contributed by atoms with Crippen LogP contribution in [-0.2, 0) is 6.61 Å². The lowest BCUT2D eigenvalue weighted by molar-refractivity contribution is 0.251. The molecule has 0 saturated carbocycles. The highest BCUT2D eigenvalue weighted by molar-refractivity contribution is 5.31. The number of aryl methyl sites for hydroxylation is 1. The van der Waals surface area contributed by atoms with Crippen molar-refractivity contribution in [3.63, 3.8) is 0 Å². The highest BCUT2D eigenvalue weighted by Crippen LogP contribution is 2.26. The van der Waals surface area contributed by atoms with Crippen molar-refractivity contribution >= 4 is 0 Å². The smallest absolute Gasteiger partial charge is 0.119 e. The van der Waals surface area contributed by atoms with Gasteiger partial charge in [0.05, 0.1) is 0 Å². The molecule has 0 spiro atoms. The Morgan fingerprint density at radius 1 is 1.04 bits per heavy atom. The summed E-state index contributed by atoms with van der Waals surface area (Å²) in [5.74, 6) is 0.911.